The molecule has 0 radical (unpaired) electrons. The first-order valence-corrected chi connectivity index (χ1v) is 5.51. The third-order valence-corrected chi connectivity index (χ3v) is 3.42. The Morgan fingerprint density at radius 2 is 2.15 bits per heavy atom. The van der Waals surface area contributed by atoms with Crippen LogP contribution in [-0.2, 0) is 0 Å². The molecule has 0 aliphatic carbocycles. The SMILES string of the molecule is CN(C)c1nc2cc(Br)ccc2s1. The van der Waals surface area contributed by atoms with Gasteiger partial charge < -0.3 is 4.90 Å². The van der Waals surface area contributed by atoms with Gasteiger partial charge in [0.05, 0.1) is 10.2 Å². The predicted octanol–water partition coefficient (Wildman–Crippen LogP) is 3.12. The summed E-state index contributed by atoms with van der Waals surface area (Å²) in [5, 5.41) is 1.05. The Hall–Kier alpha value is -0.610. The molecule has 0 unspecified atom stereocenters. The second-order valence-electron chi connectivity index (χ2n) is 3.00. The lowest BCUT2D eigenvalue weighted by Crippen LogP contribution is -2.07. The summed E-state index contributed by atoms with van der Waals surface area (Å²) in [4.78, 5) is 6.51. The summed E-state index contributed by atoms with van der Waals surface area (Å²) in [5.74, 6) is 0. The lowest BCUT2D eigenvalue weighted by Gasteiger charge is -2.04. The third kappa shape index (κ3) is 1.69. The molecule has 1 aromatic heterocycles. The van der Waals surface area contributed by atoms with E-state index in [0.29, 0.717) is 0 Å². The van der Waals surface area contributed by atoms with Crippen LogP contribution in [0.1, 0.15) is 0 Å². The molecule has 4 heteroatoms. The summed E-state index contributed by atoms with van der Waals surface area (Å²) in [6.45, 7) is 0. The van der Waals surface area contributed by atoms with E-state index in [9.17, 15) is 0 Å². The van der Waals surface area contributed by atoms with Crippen LogP contribution < -0.4 is 4.90 Å². The fraction of sp³-hybridized carbons (Fsp3) is 0.222. The second-order valence-corrected chi connectivity index (χ2v) is 4.93. The summed E-state index contributed by atoms with van der Waals surface area (Å²) in [5.41, 5.74) is 1.06. The molecule has 0 amide bonds. The van der Waals surface area contributed by atoms with Gasteiger partial charge in [-0.25, -0.2) is 4.98 Å². The third-order valence-electron chi connectivity index (χ3n) is 1.72. The maximum absolute atomic E-state index is 4.49. The van der Waals surface area contributed by atoms with E-state index in [1.165, 1.54) is 4.70 Å². The number of halogens is 1. The molecule has 2 nitrogen and oxygen atoms in total. The predicted molar refractivity (Wildman–Crippen MR) is 61.6 cm³/mol. The van der Waals surface area contributed by atoms with Crippen molar-refractivity contribution in [3.63, 3.8) is 0 Å². The number of rotatable bonds is 1. The lowest BCUT2D eigenvalue weighted by molar-refractivity contribution is 1.11. The zero-order valence-corrected chi connectivity index (χ0v) is 9.82. The number of hydrogen-bond acceptors (Lipinski definition) is 3. The standard InChI is InChI=1S/C9H9BrN2S/c1-12(2)9-11-7-5-6(10)3-4-8(7)13-9/h3-5H,1-2H3. The summed E-state index contributed by atoms with van der Waals surface area (Å²) in [7, 11) is 4.01. The van der Waals surface area contributed by atoms with Crippen molar-refractivity contribution in [2.24, 2.45) is 0 Å². The average molecular weight is 257 g/mol. The van der Waals surface area contributed by atoms with Crippen LogP contribution in [0.3, 0.4) is 0 Å². The summed E-state index contributed by atoms with van der Waals surface area (Å²) in [6.07, 6.45) is 0. The number of benzene rings is 1. The monoisotopic (exact) mass is 256 g/mol. The maximum Gasteiger partial charge on any atom is 0.185 e. The van der Waals surface area contributed by atoms with Crippen molar-refractivity contribution in [2.45, 2.75) is 0 Å². The molecule has 0 fully saturated rings. The van der Waals surface area contributed by atoms with Crippen molar-refractivity contribution < 1.29 is 0 Å². The van der Waals surface area contributed by atoms with Gasteiger partial charge in [0.2, 0.25) is 0 Å². The fourth-order valence-corrected chi connectivity index (χ4v) is 2.30. The topological polar surface area (TPSA) is 16.1 Å². The van der Waals surface area contributed by atoms with E-state index < -0.39 is 0 Å². The molecule has 13 heavy (non-hydrogen) atoms. The van der Waals surface area contributed by atoms with Gasteiger partial charge in [0.15, 0.2) is 5.13 Å². The largest absolute Gasteiger partial charge is 0.354 e. The van der Waals surface area contributed by atoms with Crippen molar-refractivity contribution in [3.8, 4) is 0 Å². The summed E-state index contributed by atoms with van der Waals surface area (Å²) in [6, 6.07) is 6.17. The zero-order valence-electron chi connectivity index (χ0n) is 7.41. The van der Waals surface area contributed by atoms with Crippen molar-refractivity contribution >= 4 is 42.6 Å². The molecule has 0 aliphatic heterocycles. The van der Waals surface area contributed by atoms with Gasteiger partial charge in [-0.3, -0.25) is 0 Å². The number of thiazole rings is 1. The van der Waals surface area contributed by atoms with Gasteiger partial charge in [0.1, 0.15) is 0 Å². The van der Waals surface area contributed by atoms with Crippen LogP contribution in [-0.4, -0.2) is 19.1 Å². The van der Waals surface area contributed by atoms with Gasteiger partial charge in [0.25, 0.3) is 0 Å². The van der Waals surface area contributed by atoms with Crippen LogP contribution in [0.2, 0.25) is 0 Å². The first-order chi connectivity index (χ1) is 6.16. The number of nitrogens with zero attached hydrogens (tertiary/aromatic N) is 2. The Morgan fingerprint density at radius 1 is 1.38 bits per heavy atom. The minimum Gasteiger partial charge on any atom is -0.354 e. The Kier molecular flexibility index (Phi) is 2.26. The van der Waals surface area contributed by atoms with Gasteiger partial charge in [-0.1, -0.05) is 27.3 Å². The quantitative estimate of drug-likeness (QED) is 0.780. The molecule has 0 aliphatic rings. The highest BCUT2D eigenvalue weighted by Gasteiger charge is 2.04. The number of anilines is 1. The van der Waals surface area contributed by atoms with E-state index >= 15 is 0 Å². The van der Waals surface area contributed by atoms with Crippen LogP contribution in [0.25, 0.3) is 10.2 Å². The molecule has 1 aromatic carbocycles. The Bertz CT molecular complexity index is 436. The van der Waals surface area contributed by atoms with Crippen molar-refractivity contribution in [2.75, 3.05) is 19.0 Å². The van der Waals surface area contributed by atoms with E-state index in [1.54, 1.807) is 11.3 Å². The average Bonchev–Trinajstić information content (AvgIpc) is 2.46. The maximum atomic E-state index is 4.49. The van der Waals surface area contributed by atoms with Crippen LogP contribution in [0.5, 0.6) is 0 Å². The van der Waals surface area contributed by atoms with Gasteiger partial charge in [0, 0.05) is 18.6 Å². The van der Waals surface area contributed by atoms with Crippen LogP contribution in [0.15, 0.2) is 22.7 Å². The lowest BCUT2D eigenvalue weighted by atomic mass is 10.3. The second kappa shape index (κ2) is 3.27. The first-order valence-electron chi connectivity index (χ1n) is 3.90. The van der Waals surface area contributed by atoms with E-state index in [0.717, 1.165) is 15.1 Å². The Morgan fingerprint density at radius 3 is 2.85 bits per heavy atom. The normalized spacial score (nSPS) is 10.7. The van der Waals surface area contributed by atoms with Crippen LogP contribution in [0, 0.1) is 0 Å². The van der Waals surface area contributed by atoms with Crippen molar-refractivity contribution in [1.29, 1.82) is 0 Å². The molecule has 0 atom stereocenters. The first kappa shape index (κ1) is 8.97. The highest BCUT2D eigenvalue weighted by Crippen LogP contribution is 2.29. The molecule has 0 spiro atoms. The van der Waals surface area contributed by atoms with E-state index in [1.807, 2.05) is 31.1 Å². The van der Waals surface area contributed by atoms with E-state index in [-0.39, 0.29) is 0 Å². The van der Waals surface area contributed by atoms with E-state index in [2.05, 4.69) is 27.0 Å². The molecule has 0 saturated heterocycles. The molecular weight excluding hydrogens is 248 g/mol. The minimum absolute atomic E-state index is 1.05. The minimum atomic E-state index is 1.05. The Balaban J connectivity index is 2.62. The van der Waals surface area contributed by atoms with Gasteiger partial charge in [-0.15, -0.1) is 0 Å². The van der Waals surface area contributed by atoms with E-state index in [4.69, 9.17) is 0 Å². The molecule has 2 rings (SSSR count). The van der Waals surface area contributed by atoms with Crippen LogP contribution >= 0.6 is 27.3 Å². The highest BCUT2D eigenvalue weighted by molar-refractivity contribution is 9.10. The van der Waals surface area contributed by atoms with Crippen LogP contribution in [0.4, 0.5) is 5.13 Å². The molecule has 1 heterocycles. The molecule has 2 aromatic rings. The number of hydrogen-bond donors (Lipinski definition) is 0. The number of aromatic nitrogens is 1. The highest BCUT2D eigenvalue weighted by atomic mass is 79.9. The molecule has 68 valence electrons. The van der Waals surface area contributed by atoms with Gasteiger partial charge >= 0.3 is 0 Å². The summed E-state index contributed by atoms with van der Waals surface area (Å²) < 4.78 is 2.31. The van der Waals surface area contributed by atoms with Crippen molar-refractivity contribution in [1.82, 2.24) is 4.98 Å². The molecule has 0 bridgehead atoms. The molecular formula is C9H9BrN2S. The van der Waals surface area contributed by atoms with Gasteiger partial charge in [-0.2, -0.15) is 0 Å². The molecule has 0 saturated carbocycles. The summed E-state index contributed by atoms with van der Waals surface area (Å²) >= 11 is 5.14. The fourth-order valence-electron chi connectivity index (χ4n) is 1.08. The smallest absolute Gasteiger partial charge is 0.185 e. The number of fused-ring (bicyclic) bond motifs is 1. The van der Waals surface area contributed by atoms with Gasteiger partial charge in [-0.05, 0) is 18.2 Å². The zero-order chi connectivity index (χ0) is 9.42. The van der Waals surface area contributed by atoms with Crippen molar-refractivity contribution in [3.05, 3.63) is 22.7 Å². The Labute approximate surface area is 89.3 Å². The molecule has 0 N–H and O–H groups in total.